The Morgan fingerprint density at radius 1 is 0.912 bits per heavy atom. The number of aryl methyl sites for hydroxylation is 2. The summed E-state index contributed by atoms with van der Waals surface area (Å²) in [6.45, 7) is 10.2. The van der Waals surface area contributed by atoms with Crippen molar-refractivity contribution in [1.29, 1.82) is 0 Å². The molecule has 0 spiro atoms. The van der Waals surface area contributed by atoms with Gasteiger partial charge < -0.3 is 4.57 Å². The van der Waals surface area contributed by atoms with Crippen molar-refractivity contribution in [3.05, 3.63) is 88.2 Å². The van der Waals surface area contributed by atoms with Crippen LogP contribution in [0, 0.1) is 20.8 Å². The summed E-state index contributed by atoms with van der Waals surface area (Å²) in [7, 11) is 0. The van der Waals surface area contributed by atoms with E-state index in [1.807, 2.05) is 63.2 Å². The number of aromatic nitrogens is 1. The van der Waals surface area contributed by atoms with Crippen molar-refractivity contribution in [1.82, 2.24) is 9.88 Å². The predicted octanol–water partition coefficient (Wildman–Crippen LogP) is 5.58. The lowest BCUT2D eigenvalue weighted by Gasteiger charge is -2.26. The molecule has 4 amide bonds. The first kappa shape index (κ1) is 23.2. The Morgan fingerprint density at radius 3 is 2.15 bits per heavy atom. The van der Waals surface area contributed by atoms with Gasteiger partial charge in [0.15, 0.2) is 0 Å². The second-order valence-corrected chi connectivity index (χ2v) is 8.86. The molecule has 1 aromatic heterocycles. The normalized spacial score (nSPS) is 16.2. The first-order valence-electron chi connectivity index (χ1n) is 11.5. The molecular weight excluding hydrogens is 426 g/mol. The summed E-state index contributed by atoms with van der Waals surface area (Å²) in [5.74, 6) is -0.950. The fraction of sp³-hybridized carbons (Fsp3) is 0.250. The van der Waals surface area contributed by atoms with Crippen molar-refractivity contribution >= 4 is 29.6 Å². The zero-order valence-electron chi connectivity index (χ0n) is 20.2. The molecule has 2 aromatic carbocycles. The van der Waals surface area contributed by atoms with Gasteiger partial charge in [-0.2, -0.15) is 0 Å². The standard InChI is InChI=1S/C28H29N3O3/c1-6-18(3)21-9-13-24(14-10-21)31-27(33)25(26(32)29-28(31)34)16-22-15-19(4)30(20(22)5)23-11-7-17(2)8-12-23/h7-16,18H,6H2,1-5H3,(H,29,32,34)/b25-16+/t18-/m1/s1. The molecule has 0 radical (unpaired) electrons. The molecule has 1 aliphatic rings. The summed E-state index contributed by atoms with van der Waals surface area (Å²) in [5.41, 5.74) is 6.28. The highest BCUT2D eigenvalue weighted by Gasteiger charge is 2.37. The maximum atomic E-state index is 13.3. The highest BCUT2D eigenvalue weighted by Crippen LogP contribution is 2.27. The van der Waals surface area contributed by atoms with Gasteiger partial charge in [-0.05, 0) is 80.6 Å². The summed E-state index contributed by atoms with van der Waals surface area (Å²) >= 11 is 0. The number of hydrogen-bond acceptors (Lipinski definition) is 3. The van der Waals surface area contributed by atoms with Crippen molar-refractivity contribution in [3.8, 4) is 5.69 Å². The molecule has 1 aliphatic heterocycles. The molecule has 3 aromatic rings. The van der Waals surface area contributed by atoms with E-state index in [0.717, 1.165) is 39.5 Å². The smallest absolute Gasteiger partial charge is 0.318 e. The summed E-state index contributed by atoms with van der Waals surface area (Å²) in [6, 6.07) is 16.7. The highest BCUT2D eigenvalue weighted by molar-refractivity contribution is 6.39. The number of urea groups is 1. The topological polar surface area (TPSA) is 71.4 Å². The van der Waals surface area contributed by atoms with Gasteiger partial charge >= 0.3 is 6.03 Å². The Morgan fingerprint density at radius 2 is 1.53 bits per heavy atom. The number of imide groups is 2. The van der Waals surface area contributed by atoms with E-state index in [1.54, 1.807) is 18.2 Å². The largest absolute Gasteiger partial charge is 0.335 e. The van der Waals surface area contributed by atoms with Crippen LogP contribution in [0.3, 0.4) is 0 Å². The maximum absolute atomic E-state index is 13.3. The minimum atomic E-state index is -0.742. The molecule has 0 unspecified atom stereocenters. The molecule has 1 fully saturated rings. The Balaban J connectivity index is 1.70. The molecule has 174 valence electrons. The Kier molecular flexibility index (Phi) is 6.24. The molecule has 1 N–H and O–H groups in total. The van der Waals surface area contributed by atoms with Gasteiger partial charge in [0.1, 0.15) is 5.57 Å². The molecule has 2 heterocycles. The number of hydrogen-bond donors (Lipinski definition) is 1. The Bertz CT molecular complexity index is 1300. The van der Waals surface area contributed by atoms with Gasteiger partial charge in [0.05, 0.1) is 5.69 Å². The van der Waals surface area contributed by atoms with E-state index < -0.39 is 17.8 Å². The number of anilines is 1. The van der Waals surface area contributed by atoms with Crippen LogP contribution in [0.25, 0.3) is 11.8 Å². The first-order chi connectivity index (χ1) is 16.2. The molecule has 6 heteroatoms. The van der Waals surface area contributed by atoms with E-state index in [2.05, 4.69) is 23.7 Å². The quantitative estimate of drug-likeness (QED) is 0.403. The number of nitrogens with one attached hydrogen (secondary N) is 1. The van der Waals surface area contributed by atoms with Gasteiger partial charge in [0, 0.05) is 17.1 Å². The van der Waals surface area contributed by atoms with Crippen molar-refractivity contribution in [2.75, 3.05) is 4.90 Å². The second-order valence-electron chi connectivity index (χ2n) is 8.86. The van der Waals surface area contributed by atoms with E-state index in [9.17, 15) is 14.4 Å². The summed E-state index contributed by atoms with van der Waals surface area (Å²) in [5, 5.41) is 2.31. The number of barbiturate groups is 1. The monoisotopic (exact) mass is 455 g/mol. The second kappa shape index (κ2) is 9.14. The minimum absolute atomic E-state index is 0.0743. The van der Waals surface area contributed by atoms with Crippen molar-refractivity contribution in [3.63, 3.8) is 0 Å². The van der Waals surface area contributed by atoms with Crippen LogP contribution in [0.4, 0.5) is 10.5 Å². The third-order valence-corrected chi connectivity index (χ3v) is 6.50. The molecule has 0 saturated carbocycles. The van der Waals surface area contributed by atoms with Crippen molar-refractivity contribution in [2.45, 2.75) is 47.0 Å². The van der Waals surface area contributed by atoms with E-state index in [4.69, 9.17) is 0 Å². The lowest BCUT2D eigenvalue weighted by Crippen LogP contribution is -2.54. The minimum Gasteiger partial charge on any atom is -0.318 e. The van der Waals surface area contributed by atoms with E-state index in [1.165, 1.54) is 5.56 Å². The lowest BCUT2D eigenvalue weighted by molar-refractivity contribution is -0.122. The van der Waals surface area contributed by atoms with Gasteiger partial charge in [-0.25, -0.2) is 9.69 Å². The van der Waals surface area contributed by atoms with Crippen LogP contribution in [0.1, 0.15) is 54.3 Å². The molecule has 4 rings (SSSR count). The SMILES string of the molecule is CC[C@@H](C)c1ccc(N2C(=O)NC(=O)/C(=C\c3cc(C)n(-c4ccc(C)cc4)c3C)C2=O)cc1. The number of carbonyl (C=O) groups excluding carboxylic acids is 3. The average molecular weight is 456 g/mol. The van der Waals surface area contributed by atoms with Gasteiger partial charge in [0.2, 0.25) is 0 Å². The Labute approximate surface area is 199 Å². The number of rotatable bonds is 5. The number of amides is 4. The van der Waals surface area contributed by atoms with Crippen molar-refractivity contribution in [2.24, 2.45) is 0 Å². The summed E-state index contributed by atoms with van der Waals surface area (Å²) in [6.07, 6.45) is 2.56. The van der Waals surface area contributed by atoms with Gasteiger partial charge in [-0.1, -0.05) is 43.7 Å². The highest BCUT2D eigenvalue weighted by atomic mass is 16.2. The first-order valence-corrected chi connectivity index (χ1v) is 11.5. The van der Waals surface area contributed by atoms with Crippen LogP contribution < -0.4 is 10.2 Å². The van der Waals surface area contributed by atoms with Crippen LogP contribution in [-0.2, 0) is 9.59 Å². The third-order valence-electron chi connectivity index (χ3n) is 6.50. The van der Waals surface area contributed by atoms with Gasteiger partial charge in [0.25, 0.3) is 11.8 Å². The van der Waals surface area contributed by atoms with Gasteiger partial charge in [-0.3, -0.25) is 14.9 Å². The van der Waals surface area contributed by atoms with Crippen LogP contribution in [0.5, 0.6) is 0 Å². The number of benzene rings is 2. The van der Waals surface area contributed by atoms with Crippen LogP contribution in [0.2, 0.25) is 0 Å². The fourth-order valence-corrected chi connectivity index (χ4v) is 4.26. The van der Waals surface area contributed by atoms with Gasteiger partial charge in [-0.15, -0.1) is 0 Å². The lowest BCUT2D eigenvalue weighted by atomic mass is 9.98. The molecule has 1 atom stereocenters. The van der Waals surface area contributed by atoms with Crippen molar-refractivity contribution < 1.29 is 14.4 Å². The molecule has 0 bridgehead atoms. The molecule has 34 heavy (non-hydrogen) atoms. The summed E-state index contributed by atoms with van der Waals surface area (Å²) < 4.78 is 2.08. The number of carbonyl (C=O) groups is 3. The Hall–Kier alpha value is -3.93. The molecule has 0 aliphatic carbocycles. The van der Waals surface area contributed by atoms with E-state index in [-0.39, 0.29) is 5.57 Å². The molecule has 1 saturated heterocycles. The van der Waals surface area contributed by atoms with Crippen LogP contribution >= 0.6 is 0 Å². The van der Waals surface area contributed by atoms with E-state index in [0.29, 0.717) is 11.6 Å². The zero-order chi connectivity index (χ0) is 24.6. The predicted molar refractivity (Wildman–Crippen MR) is 134 cm³/mol. The maximum Gasteiger partial charge on any atom is 0.335 e. The van der Waals surface area contributed by atoms with E-state index >= 15 is 0 Å². The third kappa shape index (κ3) is 4.19. The number of nitrogens with zero attached hydrogens (tertiary/aromatic N) is 2. The van der Waals surface area contributed by atoms with Crippen LogP contribution in [0.15, 0.2) is 60.2 Å². The van der Waals surface area contributed by atoms with Crippen LogP contribution in [-0.4, -0.2) is 22.4 Å². The summed E-state index contributed by atoms with van der Waals surface area (Å²) in [4.78, 5) is 39.5. The fourth-order valence-electron chi connectivity index (χ4n) is 4.26. The molecular formula is C28H29N3O3. The molecule has 6 nitrogen and oxygen atoms in total. The average Bonchev–Trinajstić information content (AvgIpc) is 3.09. The zero-order valence-corrected chi connectivity index (χ0v) is 20.2.